The number of hydrogen-bond acceptors (Lipinski definition) is 2. The average molecular weight is 198 g/mol. The number of nitrogens with one attached hydrogen (secondary N) is 2. The monoisotopic (exact) mass is 198 g/mol. The van der Waals surface area contributed by atoms with Crippen LogP contribution in [0.25, 0.3) is 0 Å². The molecule has 14 heavy (non-hydrogen) atoms. The van der Waals surface area contributed by atoms with Crippen molar-refractivity contribution in [1.82, 2.24) is 10.6 Å². The van der Waals surface area contributed by atoms with Crippen LogP contribution in [-0.2, 0) is 4.79 Å². The summed E-state index contributed by atoms with van der Waals surface area (Å²) in [7, 11) is 1.95. The first-order valence-electron chi connectivity index (χ1n) is 5.74. The van der Waals surface area contributed by atoms with Gasteiger partial charge in [0.05, 0.1) is 5.92 Å². The maximum Gasteiger partial charge on any atom is 0.224 e. The van der Waals surface area contributed by atoms with Crippen LogP contribution < -0.4 is 10.6 Å². The summed E-state index contributed by atoms with van der Waals surface area (Å²) in [5.41, 5.74) is 0. The summed E-state index contributed by atoms with van der Waals surface area (Å²) < 4.78 is 0. The minimum atomic E-state index is 0.205. The van der Waals surface area contributed by atoms with Crippen molar-refractivity contribution in [2.45, 2.75) is 45.1 Å². The molecule has 3 nitrogen and oxygen atoms in total. The molecule has 2 N–H and O–H groups in total. The number of carbonyl (C=O) groups is 1. The Hall–Kier alpha value is -0.570. The summed E-state index contributed by atoms with van der Waals surface area (Å²) in [5.74, 6) is 0.451. The molecule has 1 rings (SSSR count). The summed E-state index contributed by atoms with van der Waals surface area (Å²) in [6.45, 7) is 2.97. The van der Waals surface area contributed by atoms with Gasteiger partial charge in [0.2, 0.25) is 5.91 Å². The highest BCUT2D eigenvalue weighted by Crippen LogP contribution is 2.25. The molecule has 0 spiro atoms. The second-order valence-electron chi connectivity index (χ2n) is 4.08. The van der Waals surface area contributed by atoms with Crippen molar-refractivity contribution in [1.29, 1.82) is 0 Å². The molecule has 1 amide bonds. The van der Waals surface area contributed by atoms with E-state index < -0.39 is 0 Å². The van der Waals surface area contributed by atoms with E-state index in [1.54, 1.807) is 0 Å². The van der Waals surface area contributed by atoms with E-state index in [9.17, 15) is 4.79 Å². The molecule has 1 fully saturated rings. The number of carbonyl (C=O) groups excluding carboxylic acids is 1. The Kier molecular flexibility index (Phi) is 4.94. The minimum Gasteiger partial charge on any atom is -0.356 e. The first kappa shape index (κ1) is 11.5. The van der Waals surface area contributed by atoms with Crippen molar-refractivity contribution in [2.24, 2.45) is 5.92 Å². The number of amides is 1. The molecule has 0 unspecified atom stereocenters. The van der Waals surface area contributed by atoms with Crippen LogP contribution in [-0.4, -0.2) is 25.5 Å². The normalized spacial score (nSPS) is 26.4. The third-order valence-electron chi connectivity index (χ3n) is 3.05. The van der Waals surface area contributed by atoms with Gasteiger partial charge in [0.15, 0.2) is 0 Å². The molecule has 0 aromatic carbocycles. The Balaban J connectivity index is 2.28. The molecule has 0 aliphatic heterocycles. The van der Waals surface area contributed by atoms with Gasteiger partial charge >= 0.3 is 0 Å². The molecule has 2 atom stereocenters. The third-order valence-corrected chi connectivity index (χ3v) is 3.05. The number of hydrogen-bond donors (Lipinski definition) is 2. The average Bonchev–Trinajstić information content (AvgIpc) is 2.65. The lowest BCUT2D eigenvalue weighted by molar-refractivity contribution is -0.125. The number of rotatable bonds is 5. The molecular formula is C11H22N2O. The smallest absolute Gasteiger partial charge is 0.224 e. The van der Waals surface area contributed by atoms with Crippen molar-refractivity contribution < 1.29 is 4.79 Å². The van der Waals surface area contributed by atoms with Crippen molar-refractivity contribution in [3.63, 3.8) is 0 Å². The van der Waals surface area contributed by atoms with E-state index in [2.05, 4.69) is 17.6 Å². The molecule has 0 heterocycles. The summed E-state index contributed by atoms with van der Waals surface area (Å²) >= 11 is 0. The fourth-order valence-corrected chi connectivity index (χ4v) is 2.14. The SMILES string of the molecule is CCCCNC(=O)[C@H]1CCC[C@H]1NC. The minimum absolute atomic E-state index is 0.205. The van der Waals surface area contributed by atoms with Gasteiger partial charge in [-0.15, -0.1) is 0 Å². The Morgan fingerprint density at radius 2 is 2.21 bits per heavy atom. The molecule has 0 aromatic heterocycles. The van der Waals surface area contributed by atoms with Crippen molar-refractivity contribution >= 4 is 5.91 Å². The number of unbranched alkanes of at least 4 members (excludes halogenated alkanes) is 1. The first-order valence-corrected chi connectivity index (χ1v) is 5.74. The molecule has 1 aliphatic carbocycles. The van der Waals surface area contributed by atoms with Gasteiger partial charge in [-0.25, -0.2) is 0 Å². The van der Waals surface area contributed by atoms with Crippen LogP contribution in [0.15, 0.2) is 0 Å². The highest BCUT2D eigenvalue weighted by Gasteiger charge is 2.31. The fraction of sp³-hybridized carbons (Fsp3) is 0.909. The Labute approximate surface area is 86.6 Å². The van der Waals surface area contributed by atoms with Crippen molar-refractivity contribution in [3.05, 3.63) is 0 Å². The van der Waals surface area contributed by atoms with E-state index in [0.717, 1.165) is 32.2 Å². The van der Waals surface area contributed by atoms with Crippen LogP contribution in [0.5, 0.6) is 0 Å². The van der Waals surface area contributed by atoms with Gasteiger partial charge in [-0.05, 0) is 26.3 Å². The van der Waals surface area contributed by atoms with Crippen molar-refractivity contribution in [3.8, 4) is 0 Å². The first-order chi connectivity index (χ1) is 6.79. The van der Waals surface area contributed by atoms with Crippen LogP contribution in [0.3, 0.4) is 0 Å². The Morgan fingerprint density at radius 3 is 2.86 bits per heavy atom. The molecule has 0 radical (unpaired) electrons. The maximum absolute atomic E-state index is 11.7. The predicted octanol–water partition coefficient (Wildman–Crippen LogP) is 1.29. The second kappa shape index (κ2) is 6.02. The molecule has 1 saturated carbocycles. The molecule has 82 valence electrons. The lowest BCUT2D eigenvalue weighted by atomic mass is 10.0. The van der Waals surface area contributed by atoms with Crippen LogP contribution in [0.4, 0.5) is 0 Å². The van der Waals surface area contributed by atoms with Crippen LogP contribution >= 0.6 is 0 Å². The molecule has 0 aromatic rings. The van der Waals surface area contributed by atoms with E-state index >= 15 is 0 Å². The highest BCUT2D eigenvalue weighted by molar-refractivity contribution is 5.79. The van der Waals surface area contributed by atoms with E-state index in [0.29, 0.717) is 6.04 Å². The third kappa shape index (κ3) is 2.98. The zero-order valence-corrected chi connectivity index (χ0v) is 9.31. The Morgan fingerprint density at radius 1 is 1.43 bits per heavy atom. The van der Waals surface area contributed by atoms with Gasteiger partial charge in [-0.2, -0.15) is 0 Å². The molecule has 1 aliphatic rings. The largest absolute Gasteiger partial charge is 0.356 e. The van der Waals surface area contributed by atoms with Gasteiger partial charge < -0.3 is 10.6 Å². The zero-order chi connectivity index (χ0) is 10.4. The Bertz CT molecular complexity index is 182. The predicted molar refractivity (Wildman–Crippen MR) is 58.1 cm³/mol. The van der Waals surface area contributed by atoms with E-state index in [1.165, 1.54) is 6.42 Å². The summed E-state index contributed by atoms with van der Waals surface area (Å²) in [6.07, 6.45) is 5.59. The summed E-state index contributed by atoms with van der Waals surface area (Å²) in [4.78, 5) is 11.7. The van der Waals surface area contributed by atoms with E-state index in [1.807, 2.05) is 7.05 Å². The lowest BCUT2D eigenvalue weighted by Gasteiger charge is -2.18. The summed E-state index contributed by atoms with van der Waals surface area (Å²) in [5, 5.41) is 6.24. The fourth-order valence-electron chi connectivity index (χ4n) is 2.14. The van der Waals surface area contributed by atoms with Gasteiger partial charge in [0.25, 0.3) is 0 Å². The van der Waals surface area contributed by atoms with Gasteiger partial charge in [0.1, 0.15) is 0 Å². The molecule has 3 heteroatoms. The van der Waals surface area contributed by atoms with Crippen LogP contribution in [0.2, 0.25) is 0 Å². The molecule has 0 bridgehead atoms. The van der Waals surface area contributed by atoms with Gasteiger partial charge in [-0.3, -0.25) is 4.79 Å². The quantitative estimate of drug-likeness (QED) is 0.654. The second-order valence-corrected chi connectivity index (χ2v) is 4.08. The molecular weight excluding hydrogens is 176 g/mol. The zero-order valence-electron chi connectivity index (χ0n) is 9.31. The van der Waals surface area contributed by atoms with Gasteiger partial charge in [-0.1, -0.05) is 19.8 Å². The maximum atomic E-state index is 11.7. The van der Waals surface area contributed by atoms with Crippen LogP contribution in [0, 0.1) is 5.92 Å². The van der Waals surface area contributed by atoms with E-state index in [4.69, 9.17) is 0 Å². The summed E-state index contributed by atoms with van der Waals surface area (Å²) in [6, 6.07) is 0.400. The highest BCUT2D eigenvalue weighted by atomic mass is 16.1. The van der Waals surface area contributed by atoms with E-state index in [-0.39, 0.29) is 11.8 Å². The van der Waals surface area contributed by atoms with Crippen molar-refractivity contribution in [2.75, 3.05) is 13.6 Å². The lowest BCUT2D eigenvalue weighted by Crippen LogP contribution is -2.40. The molecule has 0 saturated heterocycles. The standard InChI is InChI=1S/C11H22N2O/c1-3-4-8-13-11(14)9-6-5-7-10(9)12-2/h9-10,12H,3-8H2,1-2H3,(H,13,14)/t9-,10+/m0/s1. The topological polar surface area (TPSA) is 41.1 Å². The van der Waals surface area contributed by atoms with Gasteiger partial charge in [0, 0.05) is 12.6 Å². The van der Waals surface area contributed by atoms with Crippen LogP contribution in [0.1, 0.15) is 39.0 Å².